The number of aryl methyl sites for hydroxylation is 1. The van der Waals surface area contributed by atoms with E-state index in [0.29, 0.717) is 10.7 Å². The maximum Gasteiger partial charge on any atom is 0.348 e. The van der Waals surface area contributed by atoms with Crippen LogP contribution >= 0.6 is 11.3 Å². The van der Waals surface area contributed by atoms with Crippen molar-refractivity contribution in [2.75, 3.05) is 10.6 Å². The van der Waals surface area contributed by atoms with Gasteiger partial charge in [-0.3, -0.25) is 0 Å². The summed E-state index contributed by atoms with van der Waals surface area (Å²) in [5.74, 6) is 0.342. The number of fused-ring (bicyclic) bond motifs is 1. The molecule has 2 heterocycles. The molecular formula is C23H22N4O2S. The van der Waals surface area contributed by atoms with Gasteiger partial charge in [-0.2, -0.15) is 0 Å². The van der Waals surface area contributed by atoms with Gasteiger partial charge in [0.05, 0.1) is 11.5 Å². The van der Waals surface area contributed by atoms with Crippen LogP contribution in [0.4, 0.5) is 22.9 Å². The second-order valence-electron chi connectivity index (χ2n) is 7.11. The van der Waals surface area contributed by atoms with Crippen molar-refractivity contribution in [2.24, 2.45) is 0 Å². The fourth-order valence-corrected chi connectivity index (χ4v) is 4.12. The van der Waals surface area contributed by atoms with Gasteiger partial charge in [0.1, 0.15) is 21.9 Å². The van der Waals surface area contributed by atoms with Crippen molar-refractivity contribution in [1.82, 2.24) is 9.97 Å². The van der Waals surface area contributed by atoms with E-state index in [1.54, 1.807) is 0 Å². The summed E-state index contributed by atoms with van der Waals surface area (Å²) in [5, 5.41) is 7.55. The minimum Gasteiger partial charge on any atom is -0.459 e. The number of carbonyl (C=O) groups is 1. The van der Waals surface area contributed by atoms with E-state index in [4.69, 9.17) is 4.74 Å². The SMILES string of the molecule is Cc1c(C(=O)OC(C)C)sc2ncnc(Nc3ccc(Nc4ccccc4)cc3)c12. The number of hydrogen-bond donors (Lipinski definition) is 2. The normalized spacial score (nSPS) is 10.9. The van der Waals surface area contributed by atoms with Gasteiger partial charge in [-0.15, -0.1) is 11.3 Å². The zero-order valence-corrected chi connectivity index (χ0v) is 17.8. The number of hydrogen-bond acceptors (Lipinski definition) is 7. The van der Waals surface area contributed by atoms with E-state index < -0.39 is 0 Å². The van der Waals surface area contributed by atoms with Crippen molar-refractivity contribution in [3.63, 3.8) is 0 Å². The van der Waals surface area contributed by atoms with E-state index in [2.05, 4.69) is 20.6 Å². The Balaban J connectivity index is 1.58. The Kier molecular flexibility index (Phi) is 5.63. The molecule has 0 spiro atoms. The van der Waals surface area contributed by atoms with Crippen LogP contribution in [0.3, 0.4) is 0 Å². The number of ether oxygens (including phenoxy) is 1. The van der Waals surface area contributed by atoms with E-state index in [-0.39, 0.29) is 12.1 Å². The van der Waals surface area contributed by atoms with Crippen molar-refractivity contribution in [1.29, 1.82) is 0 Å². The number of aromatic nitrogens is 2. The number of nitrogens with zero attached hydrogens (tertiary/aromatic N) is 2. The van der Waals surface area contributed by atoms with Gasteiger partial charge < -0.3 is 15.4 Å². The Hall–Kier alpha value is -3.45. The molecule has 0 bridgehead atoms. The smallest absolute Gasteiger partial charge is 0.348 e. The Morgan fingerprint density at radius 2 is 1.57 bits per heavy atom. The van der Waals surface area contributed by atoms with Crippen LogP contribution in [0.5, 0.6) is 0 Å². The summed E-state index contributed by atoms with van der Waals surface area (Å²) in [6, 6.07) is 18.0. The Labute approximate surface area is 179 Å². The molecule has 6 nitrogen and oxygen atoms in total. The Morgan fingerprint density at radius 3 is 2.23 bits per heavy atom. The summed E-state index contributed by atoms with van der Waals surface area (Å²) in [5.41, 5.74) is 3.74. The highest BCUT2D eigenvalue weighted by atomic mass is 32.1. The first-order valence-corrected chi connectivity index (χ1v) is 10.5. The van der Waals surface area contributed by atoms with Crippen LogP contribution in [0.2, 0.25) is 0 Å². The highest BCUT2D eigenvalue weighted by Gasteiger charge is 2.21. The van der Waals surface area contributed by atoms with Crippen molar-refractivity contribution in [3.05, 3.63) is 71.4 Å². The lowest BCUT2D eigenvalue weighted by molar-refractivity contribution is 0.0383. The molecule has 7 heteroatoms. The molecule has 152 valence electrons. The predicted molar refractivity (Wildman–Crippen MR) is 122 cm³/mol. The number of benzene rings is 2. The van der Waals surface area contributed by atoms with E-state index in [1.165, 1.54) is 17.7 Å². The molecule has 2 aromatic carbocycles. The molecule has 2 N–H and O–H groups in total. The average molecular weight is 419 g/mol. The highest BCUT2D eigenvalue weighted by Crippen LogP contribution is 2.35. The summed E-state index contributed by atoms with van der Waals surface area (Å²) < 4.78 is 5.36. The molecule has 0 atom stereocenters. The molecule has 4 rings (SSSR count). The molecule has 4 aromatic rings. The van der Waals surface area contributed by atoms with Gasteiger partial charge in [-0.1, -0.05) is 18.2 Å². The second kappa shape index (κ2) is 8.51. The zero-order valence-electron chi connectivity index (χ0n) is 17.0. The fourth-order valence-electron chi connectivity index (χ4n) is 3.09. The Morgan fingerprint density at radius 1 is 0.933 bits per heavy atom. The van der Waals surface area contributed by atoms with E-state index in [1.807, 2.05) is 75.4 Å². The number of rotatable bonds is 6. The second-order valence-corrected chi connectivity index (χ2v) is 8.11. The maximum absolute atomic E-state index is 12.4. The molecule has 0 amide bonds. The summed E-state index contributed by atoms with van der Waals surface area (Å²) in [4.78, 5) is 22.5. The quantitative estimate of drug-likeness (QED) is 0.371. The van der Waals surface area contributed by atoms with Crippen LogP contribution in [0, 0.1) is 6.92 Å². The molecule has 0 aliphatic heterocycles. The van der Waals surface area contributed by atoms with Crippen molar-refractivity contribution >= 4 is 50.4 Å². The first kappa shape index (κ1) is 19.8. The van der Waals surface area contributed by atoms with Gasteiger partial charge in [0.15, 0.2) is 0 Å². The van der Waals surface area contributed by atoms with Gasteiger partial charge in [-0.25, -0.2) is 14.8 Å². The van der Waals surface area contributed by atoms with Crippen LogP contribution in [-0.4, -0.2) is 22.0 Å². The first-order chi connectivity index (χ1) is 14.5. The third-order valence-corrected chi connectivity index (χ3v) is 5.64. The predicted octanol–water partition coefficient (Wildman–Crippen LogP) is 6.05. The minimum atomic E-state index is -0.326. The van der Waals surface area contributed by atoms with Gasteiger partial charge >= 0.3 is 5.97 Å². The average Bonchev–Trinajstić information content (AvgIpc) is 3.07. The molecule has 0 radical (unpaired) electrons. The zero-order chi connectivity index (χ0) is 21.1. The van der Waals surface area contributed by atoms with Gasteiger partial charge in [0, 0.05) is 17.1 Å². The topological polar surface area (TPSA) is 76.1 Å². The van der Waals surface area contributed by atoms with E-state index >= 15 is 0 Å². The largest absolute Gasteiger partial charge is 0.459 e. The maximum atomic E-state index is 12.4. The van der Waals surface area contributed by atoms with Crippen LogP contribution < -0.4 is 10.6 Å². The summed E-state index contributed by atoms with van der Waals surface area (Å²) in [6.45, 7) is 5.57. The monoisotopic (exact) mass is 418 g/mol. The summed E-state index contributed by atoms with van der Waals surface area (Å²) >= 11 is 1.33. The van der Waals surface area contributed by atoms with Crippen molar-refractivity contribution in [3.8, 4) is 0 Å². The molecule has 0 saturated heterocycles. The van der Waals surface area contributed by atoms with Gasteiger partial charge in [0.25, 0.3) is 0 Å². The molecular weight excluding hydrogens is 396 g/mol. The highest BCUT2D eigenvalue weighted by molar-refractivity contribution is 7.20. The number of carbonyl (C=O) groups excluding carboxylic acids is 1. The summed E-state index contributed by atoms with van der Waals surface area (Å²) in [7, 11) is 0. The fraction of sp³-hybridized carbons (Fsp3) is 0.174. The number of esters is 1. The number of para-hydroxylation sites is 1. The minimum absolute atomic E-state index is 0.172. The van der Waals surface area contributed by atoms with Gasteiger partial charge in [-0.05, 0) is 62.7 Å². The number of nitrogens with one attached hydrogen (secondary N) is 2. The molecule has 30 heavy (non-hydrogen) atoms. The molecule has 2 aromatic heterocycles. The molecule has 0 aliphatic rings. The number of thiophene rings is 1. The lowest BCUT2D eigenvalue weighted by Gasteiger charge is -2.10. The molecule has 0 aliphatic carbocycles. The van der Waals surface area contributed by atoms with Crippen LogP contribution in [0.25, 0.3) is 10.2 Å². The van der Waals surface area contributed by atoms with Crippen LogP contribution in [-0.2, 0) is 4.74 Å². The van der Waals surface area contributed by atoms with Crippen molar-refractivity contribution in [2.45, 2.75) is 26.9 Å². The lowest BCUT2D eigenvalue weighted by Crippen LogP contribution is -2.11. The Bertz CT molecular complexity index is 1170. The van der Waals surface area contributed by atoms with Crippen LogP contribution in [0.1, 0.15) is 29.1 Å². The number of anilines is 4. The van der Waals surface area contributed by atoms with E-state index in [9.17, 15) is 4.79 Å². The van der Waals surface area contributed by atoms with E-state index in [0.717, 1.165) is 32.8 Å². The first-order valence-electron chi connectivity index (χ1n) is 9.65. The van der Waals surface area contributed by atoms with Crippen molar-refractivity contribution < 1.29 is 9.53 Å². The molecule has 0 saturated carbocycles. The molecule has 0 unspecified atom stereocenters. The third kappa shape index (κ3) is 4.26. The van der Waals surface area contributed by atoms with Gasteiger partial charge in [0.2, 0.25) is 0 Å². The third-order valence-electron chi connectivity index (χ3n) is 4.47. The summed E-state index contributed by atoms with van der Waals surface area (Å²) in [6.07, 6.45) is 1.33. The standard InChI is InChI=1S/C23H22N4O2S/c1-14(2)29-23(28)20-15(3)19-21(24-13-25-22(19)30-20)27-18-11-9-17(10-12-18)26-16-7-5-4-6-8-16/h4-14,26H,1-3H3,(H,24,25,27). The molecule has 0 fully saturated rings. The van der Waals surface area contributed by atoms with Crippen LogP contribution in [0.15, 0.2) is 60.9 Å². The lowest BCUT2D eigenvalue weighted by atomic mass is 10.2.